The molecule has 2 heterocycles. The van der Waals surface area contributed by atoms with E-state index in [1.807, 2.05) is 11.0 Å². The van der Waals surface area contributed by atoms with Gasteiger partial charge in [0.15, 0.2) is 5.69 Å². The van der Waals surface area contributed by atoms with Crippen LogP contribution in [-0.2, 0) is 11.3 Å². The maximum atomic E-state index is 12.2. The molecule has 0 aliphatic carbocycles. The van der Waals surface area contributed by atoms with Crippen molar-refractivity contribution in [1.82, 2.24) is 14.9 Å². The Hall–Kier alpha value is -3.29. The molecule has 26 heavy (non-hydrogen) atoms. The number of amides is 2. The van der Waals surface area contributed by atoms with Crippen LogP contribution in [0.5, 0.6) is 0 Å². The fraction of sp³-hybridized carbons (Fsp3) is 0.278. The molecule has 1 aliphatic rings. The Kier molecular flexibility index (Phi) is 5.21. The van der Waals surface area contributed by atoms with Gasteiger partial charge in [0, 0.05) is 25.2 Å². The molecule has 0 saturated carbocycles. The number of carboxylic acid groups (broad SMARTS) is 1. The summed E-state index contributed by atoms with van der Waals surface area (Å²) in [4.78, 5) is 44.2. The van der Waals surface area contributed by atoms with Gasteiger partial charge in [0.2, 0.25) is 5.91 Å². The molecule has 1 saturated heterocycles. The number of aromatic carboxylic acids is 1. The molecular formula is C18H18N4O4. The van der Waals surface area contributed by atoms with Crippen molar-refractivity contribution in [2.45, 2.75) is 25.8 Å². The molecular weight excluding hydrogens is 336 g/mol. The maximum absolute atomic E-state index is 12.2. The Morgan fingerprint density at radius 2 is 1.92 bits per heavy atom. The van der Waals surface area contributed by atoms with E-state index in [0.29, 0.717) is 18.7 Å². The lowest BCUT2D eigenvalue weighted by Gasteiger charge is -2.26. The smallest absolute Gasteiger partial charge is 0.356 e. The van der Waals surface area contributed by atoms with E-state index >= 15 is 0 Å². The molecule has 1 aromatic carbocycles. The third-order valence-corrected chi connectivity index (χ3v) is 4.08. The maximum Gasteiger partial charge on any atom is 0.356 e. The molecule has 0 radical (unpaired) electrons. The highest BCUT2D eigenvalue weighted by Crippen LogP contribution is 2.17. The van der Waals surface area contributed by atoms with Crippen LogP contribution in [0.4, 0.5) is 5.69 Å². The Morgan fingerprint density at radius 1 is 1.15 bits per heavy atom. The molecule has 3 rings (SSSR count). The zero-order chi connectivity index (χ0) is 18.5. The van der Waals surface area contributed by atoms with E-state index in [-0.39, 0.29) is 17.3 Å². The lowest BCUT2D eigenvalue weighted by Crippen LogP contribution is -2.34. The Morgan fingerprint density at radius 3 is 2.62 bits per heavy atom. The second-order valence-corrected chi connectivity index (χ2v) is 6.02. The molecule has 2 aromatic rings. The summed E-state index contributed by atoms with van der Waals surface area (Å²) in [5, 5.41) is 11.5. The van der Waals surface area contributed by atoms with Crippen molar-refractivity contribution >= 4 is 23.5 Å². The van der Waals surface area contributed by atoms with Crippen molar-refractivity contribution in [2.75, 3.05) is 11.9 Å². The average molecular weight is 354 g/mol. The number of hydrogen-bond acceptors (Lipinski definition) is 5. The number of aromatic nitrogens is 2. The first-order chi connectivity index (χ1) is 12.5. The Labute approximate surface area is 149 Å². The van der Waals surface area contributed by atoms with Gasteiger partial charge in [-0.05, 0) is 30.5 Å². The number of rotatable bonds is 5. The zero-order valence-electron chi connectivity index (χ0n) is 14.0. The lowest BCUT2D eigenvalue weighted by atomic mass is 10.1. The van der Waals surface area contributed by atoms with E-state index in [1.54, 1.807) is 18.2 Å². The third-order valence-electron chi connectivity index (χ3n) is 4.08. The molecule has 8 nitrogen and oxygen atoms in total. The van der Waals surface area contributed by atoms with Gasteiger partial charge in [-0.15, -0.1) is 0 Å². The predicted molar refractivity (Wildman–Crippen MR) is 92.7 cm³/mol. The van der Waals surface area contributed by atoms with Gasteiger partial charge >= 0.3 is 5.97 Å². The average Bonchev–Trinajstić information content (AvgIpc) is 2.64. The van der Waals surface area contributed by atoms with Crippen molar-refractivity contribution in [3.05, 3.63) is 53.6 Å². The minimum atomic E-state index is -1.20. The van der Waals surface area contributed by atoms with Crippen molar-refractivity contribution in [3.8, 4) is 0 Å². The first kappa shape index (κ1) is 17.5. The van der Waals surface area contributed by atoms with E-state index < -0.39 is 11.9 Å². The lowest BCUT2D eigenvalue weighted by molar-refractivity contribution is -0.133. The number of carbonyl (C=O) groups is 3. The highest BCUT2D eigenvalue weighted by atomic mass is 16.4. The van der Waals surface area contributed by atoms with Crippen LogP contribution in [0, 0.1) is 0 Å². The summed E-state index contributed by atoms with van der Waals surface area (Å²) < 4.78 is 0. The third kappa shape index (κ3) is 4.21. The van der Waals surface area contributed by atoms with Crippen molar-refractivity contribution in [2.24, 2.45) is 0 Å². The quantitative estimate of drug-likeness (QED) is 0.848. The Balaban J connectivity index is 1.67. The predicted octanol–water partition coefficient (Wildman–Crippen LogP) is 1.94. The second kappa shape index (κ2) is 7.73. The van der Waals surface area contributed by atoms with Gasteiger partial charge in [0.05, 0.1) is 12.4 Å². The van der Waals surface area contributed by atoms with Gasteiger partial charge in [-0.2, -0.15) is 0 Å². The number of carbonyl (C=O) groups excluding carboxylic acids is 2. The normalized spacial score (nSPS) is 14.2. The van der Waals surface area contributed by atoms with Crippen LogP contribution < -0.4 is 5.32 Å². The van der Waals surface area contributed by atoms with Crippen LogP contribution >= 0.6 is 0 Å². The minimum absolute atomic E-state index is 0.0200. The summed E-state index contributed by atoms with van der Waals surface area (Å²) in [5.74, 6) is -1.54. The molecule has 1 aliphatic heterocycles. The highest BCUT2D eigenvalue weighted by molar-refractivity contribution is 6.02. The molecule has 2 amide bonds. The SMILES string of the molecule is O=C(O)c1cnc(C(=O)Nc2cccc(CN3CCCCC3=O)c2)cn1. The standard InChI is InChI=1S/C18H18N4O4/c23-16-6-1-2-7-22(16)11-12-4-3-5-13(8-12)21-17(24)14-9-20-15(10-19-14)18(25)26/h3-5,8-10H,1-2,6-7,11H2,(H,21,24)(H,25,26). The van der Waals surface area contributed by atoms with E-state index in [9.17, 15) is 14.4 Å². The van der Waals surface area contributed by atoms with Crippen LogP contribution in [0.25, 0.3) is 0 Å². The fourth-order valence-electron chi connectivity index (χ4n) is 2.75. The van der Waals surface area contributed by atoms with Gasteiger partial charge in [-0.1, -0.05) is 12.1 Å². The fourth-order valence-corrected chi connectivity index (χ4v) is 2.75. The zero-order valence-corrected chi connectivity index (χ0v) is 14.0. The molecule has 0 atom stereocenters. The van der Waals surface area contributed by atoms with E-state index in [4.69, 9.17) is 5.11 Å². The van der Waals surface area contributed by atoms with Crippen molar-refractivity contribution in [1.29, 1.82) is 0 Å². The summed E-state index contributed by atoms with van der Waals surface area (Å²) in [6, 6.07) is 7.24. The monoisotopic (exact) mass is 354 g/mol. The largest absolute Gasteiger partial charge is 0.476 e. The topological polar surface area (TPSA) is 112 Å². The first-order valence-electron chi connectivity index (χ1n) is 8.26. The molecule has 2 N–H and O–H groups in total. The van der Waals surface area contributed by atoms with Crippen LogP contribution in [0.1, 0.15) is 45.8 Å². The number of likely N-dealkylation sites (tertiary alicyclic amines) is 1. The summed E-state index contributed by atoms with van der Waals surface area (Å²) in [5.41, 5.74) is 1.28. The summed E-state index contributed by atoms with van der Waals surface area (Å²) in [6.07, 6.45) is 4.69. The number of anilines is 1. The van der Waals surface area contributed by atoms with Crippen LogP contribution in [-0.4, -0.2) is 44.3 Å². The number of piperidine rings is 1. The molecule has 0 bridgehead atoms. The molecule has 0 spiro atoms. The second-order valence-electron chi connectivity index (χ2n) is 6.02. The number of benzene rings is 1. The first-order valence-corrected chi connectivity index (χ1v) is 8.26. The molecule has 1 fully saturated rings. The van der Waals surface area contributed by atoms with Gasteiger partial charge in [-0.3, -0.25) is 9.59 Å². The summed E-state index contributed by atoms with van der Waals surface area (Å²) in [6.45, 7) is 1.26. The minimum Gasteiger partial charge on any atom is -0.476 e. The molecule has 1 aromatic heterocycles. The number of hydrogen-bond donors (Lipinski definition) is 2. The molecule has 0 unspecified atom stereocenters. The van der Waals surface area contributed by atoms with Crippen molar-refractivity contribution < 1.29 is 19.5 Å². The summed E-state index contributed by atoms with van der Waals surface area (Å²) in [7, 11) is 0. The summed E-state index contributed by atoms with van der Waals surface area (Å²) >= 11 is 0. The highest BCUT2D eigenvalue weighted by Gasteiger charge is 2.18. The van der Waals surface area contributed by atoms with E-state index in [1.165, 1.54) is 0 Å². The van der Waals surface area contributed by atoms with Crippen LogP contribution in [0.3, 0.4) is 0 Å². The van der Waals surface area contributed by atoms with E-state index in [0.717, 1.165) is 37.3 Å². The van der Waals surface area contributed by atoms with E-state index in [2.05, 4.69) is 15.3 Å². The Bertz CT molecular complexity index is 835. The van der Waals surface area contributed by atoms with Gasteiger partial charge < -0.3 is 15.3 Å². The molecule has 134 valence electrons. The van der Waals surface area contributed by atoms with Gasteiger partial charge in [0.1, 0.15) is 5.69 Å². The van der Waals surface area contributed by atoms with Gasteiger partial charge in [0.25, 0.3) is 5.91 Å². The number of carboxylic acids is 1. The van der Waals surface area contributed by atoms with Crippen LogP contribution in [0.2, 0.25) is 0 Å². The number of nitrogens with zero attached hydrogens (tertiary/aromatic N) is 3. The van der Waals surface area contributed by atoms with Crippen molar-refractivity contribution in [3.63, 3.8) is 0 Å². The van der Waals surface area contributed by atoms with Crippen LogP contribution in [0.15, 0.2) is 36.7 Å². The molecule has 8 heteroatoms. The number of nitrogens with one attached hydrogen (secondary N) is 1. The van der Waals surface area contributed by atoms with Gasteiger partial charge in [-0.25, -0.2) is 14.8 Å².